The highest BCUT2D eigenvalue weighted by Gasteiger charge is 2.17. The van der Waals surface area contributed by atoms with Crippen LogP contribution in [-0.2, 0) is 16.4 Å². The molecule has 0 spiro atoms. The summed E-state index contributed by atoms with van der Waals surface area (Å²) in [6, 6.07) is 3.94. The third-order valence-corrected chi connectivity index (χ3v) is 6.32. The maximum absolute atomic E-state index is 11.8. The van der Waals surface area contributed by atoms with Gasteiger partial charge in [-0.25, -0.2) is 8.42 Å². The Morgan fingerprint density at radius 2 is 1.81 bits per heavy atom. The van der Waals surface area contributed by atoms with E-state index >= 15 is 0 Å². The van der Waals surface area contributed by atoms with Gasteiger partial charge in [-0.2, -0.15) is 0 Å². The van der Waals surface area contributed by atoms with Gasteiger partial charge in [-0.05, 0) is 69.9 Å². The fourth-order valence-electron chi connectivity index (χ4n) is 1.62. The van der Waals surface area contributed by atoms with Gasteiger partial charge in [0.15, 0.2) is 9.84 Å². The highest BCUT2D eigenvalue weighted by molar-refractivity contribution is 9.11. The summed E-state index contributed by atoms with van der Waals surface area (Å²) in [5.41, 5.74) is 1.12. The molecule has 0 radical (unpaired) electrons. The van der Waals surface area contributed by atoms with E-state index in [9.17, 15) is 8.42 Å². The molecule has 0 aromatic heterocycles. The SMILES string of the molecule is CCNCc1cc(Br)c(OCCS(=O)(=O)C(C)C)c(Br)c1. The number of ether oxygens (including phenoxy) is 1. The van der Waals surface area contributed by atoms with Gasteiger partial charge in [0, 0.05) is 6.54 Å². The first kappa shape index (κ1) is 18.9. The molecular weight excluding hydrogens is 422 g/mol. The average molecular weight is 443 g/mol. The topological polar surface area (TPSA) is 55.4 Å². The molecule has 0 unspecified atom stereocenters. The lowest BCUT2D eigenvalue weighted by Gasteiger charge is -2.13. The Bertz CT molecular complexity index is 551. The van der Waals surface area contributed by atoms with Gasteiger partial charge < -0.3 is 10.1 Å². The molecule has 0 saturated carbocycles. The maximum Gasteiger partial charge on any atom is 0.155 e. The van der Waals surface area contributed by atoms with Crippen molar-refractivity contribution >= 4 is 41.7 Å². The van der Waals surface area contributed by atoms with E-state index in [4.69, 9.17) is 4.74 Å². The summed E-state index contributed by atoms with van der Waals surface area (Å²) in [7, 11) is -3.08. The largest absolute Gasteiger partial charge is 0.490 e. The monoisotopic (exact) mass is 441 g/mol. The Morgan fingerprint density at radius 1 is 1.24 bits per heavy atom. The molecule has 7 heteroatoms. The van der Waals surface area contributed by atoms with Gasteiger partial charge >= 0.3 is 0 Å². The molecule has 0 aliphatic heterocycles. The molecule has 0 bridgehead atoms. The van der Waals surface area contributed by atoms with Crippen LogP contribution in [0.15, 0.2) is 21.1 Å². The Morgan fingerprint density at radius 3 is 2.29 bits per heavy atom. The number of hydrogen-bond acceptors (Lipinski definition) is 4. The van der Waals surface area contributed by atoms with Crippen LogP contribution >= 0.6 is 31.9 Å². The molecule has 0 aliphatic rings. The summed E-state index contributed by atoms with van der Waals surface area (Å²) in [5.74, 6) is 0.650. The molecule has 0 amide bonds. The highest BCUT2D eigenvalue weighted by atomic mass is 79.9. The first-order chi connectivity index (χ1) is 9.77. The quantitative estimate of drug-likeness (QED) is 0.669. The van der Waals surface area contributed by atoms with Crippen LogP contribution in [0.25, 0.3) is 0 Å². The van der Waals surface area contributed by atoms with Crippen LogP contribution in [0.1, 0.15) is 26.3 Å². The van der Waals surface area contributed by atoms with Crippen molar-refractivity contribution in [3.8, 4) is 5.75 Å². The van der Waals surface area contributed by atoms with Crippen molar-refractivity contribution in [1.82, 2.24) is 5.32 Å². The minimum absolute atomic E-state index is 0.0166. The zero-order chi connectivity index (χ0) is 16.0. The molecule has 1 aromatic carbocycles. The van der Waals surface area contributed by atoms with E-state index in [0.29, 0.717) is 5.75 Å². The predicted octanol–water partition coefficient (Wildman–Crippen LogP) is 3.52. The van der Waals surface area contributed by atoms with E-state index in [-0.39, 0.29) is 17.6 Å². The zero-order valence-electron chi connectivity index (χ0n) is 12.4. The molecule has 120 valence electrons. The van der Waals surface area contributed by atoms with Crippen LogP contribution in [0.2, 0.25) is 0 Å². The van der Waals surface area contributed by atoms with Crippen molar-refractivity contribution in [3.05, 3.63) is 26.6 Å². The molecule has 21 heavy (non-hydrogen) atoms. The van der Waals surface area contributed by atoms with Crippen molar-refractivity contribution in [2.75, 3.05) is 18.9 Å². The molecular formula is C14H21Br2NO3S. The van der Waals surface area contributed by atoms with Gasteiger partial charge in [-0.1, -0.05) is 6.92 Å². The number of rotatable bonds is 8. The lowest BCUT2D eigenvalue weighted by Crippen LogP contribution is -2.22. The van der Waals surface area contributed by atoms with Crippen LogP contribution < -0.4 is 10.1 Å². The molecule has 0 fully saturated rings. The number of sulfone groups is 1. The third kappa shape index (κ3) is 5.88. The van der Waals surface area contributed by atoms with E-state index in [1.54, 1.807) is 13.8 Å². The smallest absolute Gasteiger partial charge is 0.155 e. The number of nitrogens with one attached hydrogen (secondary N) is 1. The van der Waals surface area contributed by atoms with Gasteiger partial charge in [-0.15, -0.1) is 0 Å². The minimum Gasteiger partial charge on any atom is -0.490 e. The Kier molecular flexibility index (Phi) is 7.67. The second-order valence-corrected chi connectivity index (χ2v) is 9.32. The van der Waals surface area contributed by atoms with Crippen molar-refractivity contribution in [3.63, 3.8) is 0 Å². The second kappa shape index (κ2) is 8.50. The summed E-state index contributed by atoms with van der Waals surface area (Å²) in [4.78, 5) is 0. The second-order valence-electron chi connectivity index (χ2n) is 4.93. The van der Waals surface area contributed by atoms with Crippen LogP contribution in [0.4, 0.5) is 0 Å². The van der Waals surface area contributed by atoms with Crippen LogP contribution in [0.5, 0.6) is 5.75 Å². The van der Waals surface area contributed by atoms with E-state index < -0.39 is 9.84 Å². The molecule has 0 heterocycles. The maximum atomic E-state index is 11.8. The standard InChI is InChI=1S/C14H21Br2NO3S/c1-4-17-9-11-7-12(15)14(13(16)8-11)20-5-6-21(18,19)10(2)3/h7-8,10,17H,4-6,9H2,1-3H3. The molecule has 0 atom stereocenters. The first-order valence-corrected chi connectivity index (χ1v) is 10.1. The molecule has 0 aliphatic carbocycles. The van der Waals surface area contributed by atoms with Crippen LogP contribution in [-0.4, -0.2) is 32.6 Å². The zero-order valence-corrected chi connectivity index (χ0v) is 16.4. The summed E-state index contributed by atoms with van der Waals surface area (Å²) < 4.78 is 30.7. The fourth-order valence-corrected chi connectivity index (χ4v) is 3.91. The third-order valence-electron chi connectivity index (χ3n) is 2.97. The predicted molar refractivity (Wildman–Crippen MR) is 93.6 cm³/mol. The summed E-state index contributed by atoms with van der Waals surface area (Å²) in [6.07, 6.45) is 0. The van der Waals surface area contributed by atoms with Crippen molar-refractivity contribution in [2.45, 2.75) is 32.6 Å². The Balaban J connectivity index is 2.72. The number of halogens is 2. The fraction of sp³-hybridized carbons (Fsp3) is 0.571. The van der Waals surface area contributed by atoms with Crippen molar-refractivity contribution in [2.24, 2.45) is 0 Å². The number of benzene rings is 1. The van der Waals surface area contributed by atoms with Crippen molar-refractivity contribution < 1.29 is 13.2 Å². The van der Waals surface area contributed by atoms with Crippen LogP contribution in [0.3, 0.4) is 0 Å². The summed E-state index contributed by atoms with van der Waals surface area (Å²) in [5, 5.41) is 2.87. The van der Waals surface area contributed by atoms with E-state index in [1.165, 1.54) is 0 Å². The van der Waals surface area contributed by atoms with E-state index in [2.05, 4.69) is 44.1 Å². The van der Waals surface area contributed by atoms with E-state index in [1.807, 2.05) is 12.1 Å². The summed E-state index contributed by atoms with van der Waals surface area (Å²) in [6.45, 7) is 7.23. The minimum atomic E-state index is -3.08. The Hall–Kier alpha value is -0.110. The lowest BCUT2D eigenvalue weighted by atomic mass is 10.2. The molecule has 0 saturated heterocycles. The molecule has 1 rings (SSSR count). The van der Waals surface area contributed by atoms with Gasteiger partial charge in [0.2, 0.25) is 0 Å². The van der Waals surface area contributed by atoms with Gasteiger partial charge in [-0.3, -0.25) is 0 Å². The first-order valence-electron chi connectivity index (χ1n) is 6.81. The molecule has 1 aromatic rings. The summed E-state index contributed by atoms with van der Waals surface area (Å²) >= 11 is 6.93. The van der Waals surface area contributed by atoms with Gasteiger partial charge in [0.05, 0.1) is 19.9 Å². The van der Waals surface area contributed by atoms with Crippen LogP contribution in [0, 0.1) is 0 Å². The number of hydrogen-bond donors (Lipinski definition) is 1. The highest BCUT2D eigenvalue weighted by Crippen LogP contribution is 2.34. The van der Waals surface area contributed by atoms with Crippen molar-refractivity contribution in [1.29, 1.82) is 0 Å². The average Bonchev–Trinajstić information content (AvgIpc) is 2.39. The lowest BCUT2D eigenvalue weighted by molar-refractivity contribution is 0.336. The molecule has 1 N–H and O–H groups in total. The van der Waals surface area contributed by atoms with Gasteiger partial charge in [0.1, 0.15) is 12.4 Å². The molecule has 4 nitrogen and oxygen atoms in total. The van der Waals surface area contributed by atoms with E-state index in [0.717, 1.165) is 27.6 Å². The normalized spacial score (nSPS) is 11.9. The van der Waals surface area contributed by atoms with Gasteiger partial charge in [0.25, 0.3) is 0 Å². The Labute approximate surface area is 143 Å².